The molecule has 0 fully saturated rings. The third-order valence-corrected chi connectivity index (χ3v) is 2.98. The van der Waals surface area contributed by atoms with Crippen LogP contribution in [-0.2, 0) is 19.7 Å². The summed E-state index contributed by atoms with van der Waals surface area (Å²) in [5, 5.41) is 7.62. The highest BCUT2D eigenvalue weighted by Gasteiger charge is 2.09. The Hall–Kier alpha value is -1.88. The summed E-state index contributed by atoms with van der Waals surface area (Å²) in [6, 6.07) is 6.02. The van der Waals surface area contributed by atoms with Crippen molar-refractivity contribution in [3.8, 4) is 5.75 Å². The number of rotatable bonds is 6. The van der Waals surface area contributed by atoms with Gasteiger partial charge >= 0.3 is 0 Å². The molecule has 21 heavy (non-hydrogen) atoms. The highest BCUT2D eigenvalue weighted by molar-refractivity contribution is 5.14. The van der Waals surface area contributed by atoms with Crippen molar-refractivity contribution in [3.05, 3.63) is 42.0 Å². The molecule has 2 aromatic heterocycles. The molecule has 0 aliphatic rings. The van der Waals surface area contributed by atoms with Crippen molar-refractivity contribution in [2.45, 2.75) is 52.9 Å². The molecule has 0 bridgehead atoms. The molecule has 0 aliphatic carbocycles. The van der Waals surface area contributed by atoms with Gasteiger partial charge in [-0.25, -0.2) is 0 Å². The van der Waals surface area contributed by atoms with Crippen molar-refractivity contribution >= 4 is 0 Å². The van der Waals surface area contributed by atoms with Gasteiger partial charge in [0.15, 0.2) is 5.75 Å². The number of hydrogen-bond donors (Lipinski definition) is 1. The molecular weight excluding hydrogens is 264 g/mol. The number of aromatic nitrogens is 3. The minimum atomic E-state index is 0.0862. The summed E-state index contributed by atoms with van der Waals surface area (Å²) in [6.07, 6.45) is 3.62. The van der Waals surface area contributed by atoms with Crippen molar-refractivity contribution in [3.63, 3.8) is 0 Å². The molecule has 114 valence electrons. The Balaban J connectivity index is 1.91. The maximum Gasteiger partial charge on any atom is 0.157 e. The molecule has 2 aromatic rings. The van der Waals surface area contributed by atoms with E-state index in [2.05, 4.69) is 36.2 Å². The van der Waals surface area contributed by atoms with Crippen LogP contribution in [0.1, 0.15) is 39.1 Å². The average Bonchev–Trinajstić information content (AvgIpc) is 2.91. The number of nitrogens with one attached hydrogen (secondary N) is 1. The zero-order chi connectivity index (χ0) is 15.3. The van der Waals surface area contributed by atoms with Crippen molar-refractivity contribution in [1.29, 1.82) is 0 Å². The third-order valence-electron chi connectivity index (χ3n) is 2.98. The van der Waals surface area contributed by atoms with Gasteiger partial charge in [-0.1, -0.05) is 6.07 Å². The van der Waals surface area contributed by atoms with Crippen LogP contribution < -0.4 is 10.1 Å². The van der Waals surface area contributed by atoms with E-state index >= 15 is 0 Å². The van der Waals surface area contributed by atoms with E-state index in [1.165, 1.54) is 0 Å². The fraction of sp³-hybridized carbons (Fsp3) is 0.500. The summed E-state index contributed by atoms with van der Waals surface area (Å²) in [7, 11) is 0. The van der Waals surface area contributed by atoms with Gasteiger partial charge < -0.3 is 10.1 Å². The molecule has 0 amide bonds. The molecule has 0 aliphatic heterocycles. The summed E-state index contributed by atoms with van der Waals surface area (Å²) in [5.41, 5.74) is 2.03. The maximum absolute atomic E-state index is 5.71. The minimum absolute atomic E-state index is 0.0862. The van der Waals surface area contributed by atoms with Crippen LogP contribution in [0.4, 0.5) is 0 Å². The number of ether oxygens (including phenoxy) is 1. The summed E-state index contributed by atoms with van der Waals surface area (Å²) in [6.45, 7) is 10.5. The second kappa shape index (κ2) is 6.72. The average molecular weight is 288 g/mol. The topological polar surface area (TPSA) is 52.0 Å². The molecule has 5 heteroatoms. The maximum atomic E-state index is 5.71. The Labute approximate surface area is 126 Å². The predicted octanol–water partition coefficient (Wildman–Crippen LogP) is 2.77. The smallest absolute Gasteiger partial charge is 0.157 e. The highest BCUT2D eigenvalue weighted by Crippen LogP contribution is 2.11. The van der Waals surface area contributed by atoms with E-state index in [1.807, 2.05) is 36.0 Å². The van der Waals surface area contributed by atoms with E-state index in [-0.39, 0.29) is 5.54 Å². The van der Waals surface area contributed by atoms with E-state index in [0.717, 1.165) is 30.2 Å². The Morgan fingerprint density at radius 1 is 1.24 bits per heavy atom. The number of nitrogens with zero attached hydrogens (tertiary/aromatic N) is 3. The molecule has 0 spiro atoms. The largest absolute Gasteiger partial charge is 0.484 e. The van der Waals surface area contributed by atoms with Gasteiger partial charge in [-0.15, -0.1) is 0 Å². The van der Waals surface area contributed by atoms with Crippen molar-refractivity contribution in [2.24, 2.45) is 0 Å². The lowest BCUT2D eigenvalue weighted by Gasteiger charge is -2.20. The molecule has 2 rings (SSSR count). The Morgan fingerprint density at radius 3 is 2.67 bits per heavy atom. The molecule has 0 saturated heterocycles. The van der Waals surface area contributed by atoms with Crippen LogP contribution in [0.3, 0.4) is 0 Å². The molecular formula is C16H24N4O. The SMILES string of the molecule is CCn1cc(OCc2cccc(CNC(C)(C)C)n2)cn1. The van der Waals surface area contributed by atoms with Gasteiger partial charge in [0.2, 0.25) is 0 Å². The highest BCUT2D eigenvalue weighted by atomic mass is 16.5. The van der Waals surface area contributed by atoms with E-state index in [4.69, 9.17) is 4.74 Å². The number of aryl methyl sites for hydroxylation is 1. The Kier molecular flexibility index (Phi) is 4.96. The van der Waals surface area contributed by atoms with Gasteiger partial charge in [0.05, 0.1) is 23.8 Å². The van der Waals surface area contributed by atoms with Crippen molar-refractivity contribution in [2.75, 3.05) is 0 Å². The second-order valence-electron chi connectivity index (χ2n) is 6.04. The van der Waals surface area contributed by atoms with Crippen molar-refractivity contribution < 1.29 is 4.74 Å². The Morgan fingerprint density at radius 2 is 2.00 bits per heavy atom. The zero-order valence-electron chi connectivity index (χ0n) is 13.3. The third kappa shape index (κ3) is 5.19. The van der Waals surface area contributed by atoms with Crippen LogP contribution in [0.25, 0.3) is 0 Å². The molecule has 0 aromatic carbocycles. The molecule has 0 radical (unpaired) electrons. The second-order valence-corrected chi connectivity index (χ2v) is 6.04. The molecule has 1 N–H and O–H groups in total. The van der Waals surface area contributed by atoms with Crippen LogP contribution in [0.2, 0.25) is 0 Å². The van der Waals surface area contributed by atoms with Crippen molar-refractivity contribution in [1.82, 2.24) is 20.1 Å². The van der Waals surface area contributed by atoms with E-state index < -0.39 is 0 Å². The van der Waals surface area contributed by atoms with Gasteiger partial charge in [-0.3, -0.25) is 9.67 Å². The quantitative estimate of drug-likeness (QED) is 0.888. The van der Waals surface area contributed by atoms with Crippen LogP contribution in [0.15, 0.2) is 30.6 Å². The minimum Gasteiger partial charge on any atom is -0.484 e. The molecule has 2 heterocycles. The van der Waals surface area contributed by atoms with Crippen LogP contribution in [0.5, 0.6) is 5.75 Å². The molecule has 0 saturated carbocycles. The van der Waals surface area contributed by atoms with E-state index in [0.29, 0.717) is 6.61 Å². The summed E-state index contributed by atoms with van der Waals surface area (Å²) in [5.74, 6) is 0.775. The predicted molar refractivity (Wildman–Crippen MR) is 83.1 cm³/mol. The molecule has 0 atom stereocenters. The summed E-state index contributed by atoms with van der Waals surface area (Å²) >= 11 is 0. The molecule has 5 nitrogen and oxygen atoms in total. The van der Waals surface area contributed by atoms with Crippen LogP contribution in [0, 0.1) is 0 Å². The lowest BCUT2D eigenvalue weighted by molar-refractivity contribution is 0.300. The van der Waals surface area contributed by atoms with Gasteiger partial charge in [0, 0.05) is 18.6 Å². The first-order valence-corrected chi connectivity index (χ1v) is 7.31. The molecule has 0 unspecified atom stereocenters. The van der Waals surface area contributed by atoms with Gasteiger partial charge in [0.1, 0.15) is 6.61 Å². The first-order chi connectivity index (χ1) is 9.96. The normalized spacial score (nSPS) is 11.6. The van der Waals surface area contributed by atoms with Crippen LogP contribution >= 0.6 is 0 Å². The fourth-order valence-corrected chi connectivity index (χ4v) is 1.81. The first kappa shape index (κ1) is 15.5. The van der Waals surface area contributed by atoms with Gasteiger partial charge in [-0.2, -0.15) is 5.10 Å². The number of pyridine rings is 1. The lowest BCUT2D eigenvalue weighted by atomic mass is 10.1. The monoisotopic (exact) mass is 288 g/mol. The van der Waals surface area contributed by atoms with Gasteiger partial charge in [0.25, 0.3) is 0 Å². The van der Waals surface area contributed by atoms with E-state index in [1.54, 1.807) is 6.20 Å². The first-order valence-electron chi connectivity index (χ1n) is 7.31. The van der Waals surface area contributed by atoms with Crippen LogP contribution in [-0.4, -0.2) is 20.3 Å². The fourth-order valence-electron chi connectivity index (χ4n) is 1.81. The van der Waals surface area contributed by atoms with Gasteiger partial charge in [-0.05, 0) is 39.8 Å². The summed E-state index contributed by atoms with van der Waals surface area (Å²) < 4.78 is 7.55. The van der Waals surface area contributed by atoms with E-state index in [9.17, 15) is 0 Å². The zero-order valence-corrected chi connectivity index (χ0v) is 13.3. The lowest BCUT2D eigenvalue weighted by Crippen LogP contribution is -2.35. The summed E-state index contributed by atoms with van der Waals surface area (Å²) in [4.78, 5) is 4.60. The number of hydrogen-bond acceptors (Lipinski definition) is 4. The standard InChI is InChI=1S/C16H24N4O/c1-5-20-11-15(10-18-20)21-12-14-8-6-7-13(19-14)9-17-16(2,3)4/h6-8,10-11,17H,5,9,12H2,1-4H3. The Bertz CT molecular complexity index is 572.